The predicted molar refractivity (Wildman–Crippen MR) is 70.5 cm³/mol. The van der Waals surface area contributed by atoms with E-state index in [1.807, 2.05) is 0 Å². The number of rotatable bonds is 2. The number of hydrogen-bond acceptors (Lipinski definition) is 4. The number of nitrogens with two attached hydrogens (primary N) is 1. The molecule has 0 amide bonds. The lowest BCUT2D eigenvalue weighted by Crippen LogP contribution is -2.09. The standard InChI is InChI=1S/C11H9FN6S/c12-7-3-1-2-6(4-7)8-5-9(15-14-8)10-16-17-11(19)18(10)13/h1-5H,13H2,(H,14,15)(H,17,19). The third-order valence-electron chi connectivity index (χ3n) is 2.64. The predicted octanol–water partition coefficient (Wildman–Crippen LogP) is 1.85. The SMILES string of the molecule is Nn1c(-c2cc(-c3cccc(F)c3)n[nH]2)n[nH]c1=S. The van der Waals surface area contributed by atoms with Gasteiger partial charge >= 0.3 is 0 Å². The Morgan fingerprint density at radius 1 is 1.21 bits per heavy atom. The van der Waals surface area contributed by atoms with Crippen LogP contribution in [0.2, 0.25) is 0 Å². The van der Waals surface area contributed by atoms with Crippen molar-refractivity contribution in [3.8, 4) is 22.8 Å². The van der Waals surface area contributed by atoms with Gasteiger partial charge in [0.2, 0.25) is 4.77 Å². The van der Waals surface area contributed by atoms with Crippen molar-refractivity contribution in [3.05, 3.63) is 40.9 Å². The Balaban J connectivity index is 2.05. The van der Waals surface area contributed by atoms with Crippen LogP contribution in [0.5, 0.6) is 0 Å². The molecule has 0 atom stereocenters. The van der Waals surface area contributed by atoms with E-state index in [9.17, 15) is 4.39 Å². The number of halogens is 1. The molecule has 19 heavy (non-hydrogen) atoms. The molecule has 0 saturated carbocycles. The molecule has 0 fully saturated rings. The Kier molecular flexibility index (Phi) is 2.64. The first-order valence-corrected chi connectivity index (χ1v) is 5.80. The summed E-state index contributed by atoms with van der Waals surface area (Å²) in [6, 6.07) is 7.89. The lowest BCUT2D eigenvalue weighted by Gasteiger charge is -1.95. The highest BCUT2D eigenvalue weighted by atomic mass is 32.1. The number of hydrogen-bond donors (Lipinski definition) is 3. The van der Waals surface area contributed by atoms with Crippen molar-refractivity contribution in [2.45, 2.75) is 0 Å². The van der Waals surface area contributed by atoms with Crippen LogP contribution in [-0.2, 0) is 0 Å². The summed E-state index contributed by atoms with van der Waals surface area (Å²) in [6.07, 6.45) is 0. The maximum atomic E-state index is 13.2. The van der Waals surface area contributed by atoms with Crippen molar-refractivity contribution >= 4 is 12.2 Å². The quantitative estimate of drug-likeness (QED) is 0.492. The third kappa shape index (κ3) is 2.02. The minimum absolute atomic E-state index is 0.303. The van der Waals surface area contributed by atoms with Crippen molar-refractivity contribution in [2.24, 2.45) is 0 Å². The van der Waals surface area contributed by atoms with Gasteiger partial charge in [0.25, 0.3) is 0 Å². The second-order valence-electron chi connectivity index (χ2n) is 3.90. The first-order valence-electron chi connectivity index (χ1n) is 5.39. The van der Waals surface area contributed by atoms with Gasteiger partial charge in [-0.1, -0.05) is 12.1 Å². The molecule has 3 rings (SSSR count). The zero-order chi connectivity index (χ0) is 13.4. The van der Waals surface area contributed by atoms with Crippen molar-refractivity contribution in [1.82, 2.24) is 25.1 Å². The normalized spacial score (nSPS) is 10.8. The highest BCUT2D eigenvalue weighted by Crippen LogP contribution is 2.22. The fraction of sp³-hybridized carbons (Fsp3) is 0. The molecule has 0 bridgehead atoms. The van der Waals surface area contributed by atoms with Crippen molar-refractivity contribution in [3.63, 3.8) is 0 Å². The maximum absolute atomic E-state index is 13.2. The molecule has 0 aliphatic rings. The maximum Gasteiger partial charge on any atom is 0.214 e. The van der Waals surface area contributed by atoms with Crippen molar-refractivity contribution < 1.29 is 4.39 Å². The monoisotopic (exact) mass is 276 g/mol. The molecule has 2 aromatic heterocycles. The zero-order valence-corrected chi connectivity index (χ0v) is 10.4. The summed E-state index contributed by atoms with van der Waals surface area (Å²) in [5.41, 5.74) is 1.86. The first kappa shape index (κ1) is 11.6. The molecule has 96 valence electrons. The fourth-order valence-corrected chi connectivity index (χ4v) is 1.86. The van der Waals surface area contributed by atoms with Crippen LogP contribution in [-0.4, -0.2) is 25.1 Å². The molecule has 0 aliphatic heterocycles. The third-order valence-corrected chi connectivity index (χ3v) is 2.93. The van der Waals surface area contributed by atoms with E-state index in [0.717, 1.165) is 0 Å². The van der Waals surface area contributed by atoms with Crippen LogP contribution in [0.1, 0.15) is 0 Å². The Bertz CT molecular complexity index is 786. The number of nitrogens with one attached hydrogen (secondary N) is 2. The minimum atomic E-state index is -0.316. The molecule has 4 N–H and O–H groups in total. The van der Waals surface area contributed by atoms with Gasteiger partial charge in [-0.2, -0.15) is 10.2 Å². The summed E-state index contributed by atoms with van der Waals surface area (Å²) in [4.78, 5) is 0. The number of aromatic amines is 2. The molecule has 3 aromatic rings. The lowest BCUT2D eigenvalue weighted by atomic mass is 10.1. The van der Waals surface area contributed by atoms with E-state index < -0.39 is 0 Å². The summed E-state index contributed by atoms with van der Waals surface area (Å²) in [5.74, 6) is 5.83. The van der Waals surface area contributed by atoms with E-state index in [-0.39, 0.29) is 5.82 Å². The van der Waals surface area contributed by atoms with Crippen LogP contribution < -0.4 is 5.84 Å². The number of benzene rings is 1. The molecule has 8 heteroatoms. The van der Waals surface area contributed by atoms with Crippen LogP contribution in [0.4, 0.5) is 4.39 Å². The van der Waals surface area contributed by atoms with E-state index in [4.69, 9.17) is 18.1 Å². The Hall–Kier alpha value is -2.48. The van der Waals surface area contributed by atoms with Crippen molar-refractivity contribution in [1.29, 1.82) is 0 Å². The highest BCUT2D eigenvalue weighted by molar-refractivity contribution is 7.71. The van der Waals surface area contributed by atoms with Crippen LogP contribution in [0.25, 0.3) is 22.8 Å². The van der Waals surface area contributed by atoms with E-state index >= 15 is 0 Å². The number of nitrogens with zero attached hydrogens (tertiary/aromatic N) is 3. The number of aromatic nitrogens is 5. The van der Waals surface area contributed by atoms with Gasteiger partial charge in [0, 0.05) is 5.56 Å². The molecule has 6 nitrogen and oxygen atoms in total. The fourth-order valence-electron chi connectivity index (χ4n) is 1.73. The molecule has 1 aromatic carbocycles. The van der Waals surface area contributed by atoms with E-state index in [1.54, 1.807) is 18.2 Å². The average molecular weight is 276 g/mol. The summed E-state index contributed by atoms with van der Waals surface area (Å²) in [5, 5.41) is 13.5. The van der Waals surface area contributed by atoms with Gasteiger partial charge in [-0.3, -0.25) is 5.10 Å². The topological polar surface area (TPSA) is 88.3 Å². The number of H-pyrrole nitrogens is 2. The van der Waals surface area contributed by atoms with Gasteiger partial charge in [0.15, 0.2) is 5.82 Å². The first-order chi connectivity index (χ1) is 9.15. The Labute approximate surface area is 112 Å². The van der Waals surface area contributed by atoms with Crippen LogP contribution >= 0.6 is 12.2 Å². The number of nitrogen functional groups attached to an aromatic ring is 1. The van der Waals surface area contributed by atoms with Crippen LogP contribution in [0.3, 0.4) is 0 Å². The molecule has 0 saturated heterocycles. The van der Waals surface area contributed by atoms with Crippen molar-refractivity contribution in [2.75, 3.05) is 5.84 Å². The van der Waals surface area contributed by atoms with E-state index in [1.165, 1.54) is 16.8 Å². The zero-order valence-electron chi connectivity index (χ0n) is 9.59. The second-order valence-corrected chi connectivity index (χ2v) is 4.29. The van der Waals surface area contributed by atoms with E-state index in [0.29, 0.717) is 27.5 Å². The molecule has 0 aliphatic carbocycles. The van der Waals surface area contributed by atoms with Gasteiger partial charge in [-0.05, 0) is 30.4 Å². The molecule has 0 spiro atoms. The molecular formula is C11H9FN6S. The van der Waals surface area contributed by atoms with Gasteiger partial charge in [-0.15, -0.1) is 0 Å². The minimum Gasteiger partial charge on any atom is -0.335 e. The van der Waals surface area contributed by atoms with E-state index in [2.05, 4.69) is 20.4 Å². The largest absolute Gasteiger partial charge is 0.335 e. The summed E-state index contributed by atoms with van der Waals surface area (Å²) in [6.45, 7) is 0. The Morgan fingerprint density at radius 2 is 2.05 bits per heavy atom. The Morgan fingerprint density at radius 3 is 2.74 bits per heavy atom. The molecule has 0 radical (unpaired) electrons. The second kappa shape index (κ2) is 4.32. The van der Waals surface area contributed by atoms with Gasteiger partial charge in [0.05, 0.1) is 5.69 Å². The average Bonchev–Trinajstić information content (AvgIpc) is 2.98. The molecule has 0 unspecified atom stereocenters. The summed E-state index contributed by atoms with van der Waals surface area (Å²) >= 11 is 4.93. The van der Waals surface area contributed by atoms with Crippen LogP contribution in [0.15, 0.2) is 30.3 Å². The van der Waals surface area contributed by atoms with Gasteiger partial charge in [-0.25, -0.2) is 14.2 Å². The summed E-state index contributed by atoms with van der Waals surface area (Å²) in [7, 11) is 0. The highest BCUT2D eigenvalue weighted by Gasteiger charge is 2.11. The lowest BCUT2D eigenvalue weighted by molar-refractivity contribution is 0.628. The molecule has 2 heterocycles. The smallest absolute Gasteiger partial charge is 0.214 e. The molecular weight excluding hydrogens is 267 g/mol. The van der Waals surface area contributed by atoms with Gasteiger partial charge in [0.1, 0.15) is 11.5 Å². The summed E-state index contributed by atoms with van der Waals surface area (Å²) < 4.78 is 14.7. The van der Waals surface area contributed by atoms with Gasteiger partial charge < -0.3 is 5.84 Å². The van der Waals surface area contributed by atoms with Crippen LogP contribution in [0, 0.1) is 10.6 Å².